The van der Waals surface area contributed by atoms with Crippen LogP contribution < -0.4 is 16.0 Å². The number of rotatable bonds is 11. The Bertz CT molecular complexity index is 650. The number of methoxy groups -OCH3 is 2. The molecule has 0 spiro atoms. The van der Waals surface area contributed by atoms with Gasteiger partial charge in [-0.3, -0.25) is 4.90 Å². The number of hydrogen-bond donors (Lipinski definition) is 3. The van der Waals surface area contributed by atoms with Crippen molar-refractivity contribution >= 4 is 24.0 Å². The number of ether oxygens (including phenoxy) is 2. The maximum atomic E-state index is 12.6. The normalized spacial score (nSPS) is 17.8. The van der Waals surface area contributed by atoms with Crippen molar-refractivity contribution in [3.8, 4) is 0 Å². The van der Waals surface area contributed by atoms with Gasteiger partial charge in [-0.05, 0) is 11.8 Å². The van der Waals surface area contributed by atoms with Crippen molar-refractivity contribution in [3.05, 3.63) is 0 Å². The van der Waals surface area contributed by atoms with E-state index in [1.807, 2.05) is 27.7 Å². The van der Waals surface area contributed by atoms with Crippen molar-refractivity contribution < 1.29 is 28.7 Å². The monoisotopic (exact) mass is 471 g/mol. The molecule has 0 aromatic carbocycles. The summed E-state index contributed by atoms with van der Waals surface area (Å²) >= 11 is 0. The third-order valence-corrected chi connectivity index (χ3v) is 6.27. The number of piperazine rings is 1. The smallest absolute Gasteiger partial charge is 0.328 e. The van der Waals surface area contributed by atoms with Crippen LogP contribution >= 0.6 is 0 Å². The largest absolute Gasteiger partial charge is 0.467 e. The minimum absolute atomic E-state index is 0.0287. The molecule has 0 aliphatic carbocycles. The number of nitrogens with zero attached hydrogens (tertiary/aromatic N) is 2. The molecule has 1 aliphatic rings. The molecular weight excluding hydrogens is 430 g/mol. The van der Waals surface area contributed by atoms with Gasteiger partial charge in [-0.1, -0.05) is 40.5 Å². The van der Waals surface area contributed by atoms with Gasteiger partial charge in [-0.15, -0.1) is 0 Å². The van der Waals surface area contributed by atoms with E-state index in [0.717, 1.165) is 12.8 Å². The summed E-state index contributed by atoms with van der Waals surface area (Å²) in [6.07, 6.45) is 1.47. The predicted molar refractivity (Wildman–Crippen MR) is 124 cm³/mol. The van der Waals surface area contributed by atoms with Gasteiger partial charge >= 0.3 is 24.0 Å². The molecule has 0 unspecified atom stereocenters. The Kier molecular flexibility index (Phi) is 12.6. The van der Waals surface area contributed by atoms with E-state index in [-0.39, 0.29) is 17.9 Å². The minimum atomic E-state index is -0.689. The molecule has 3 N–H and O–H groups in total. The molecule has 0 aromatic rings. The SMILES string of the molecule is CC[C@H](C)[C@H](NC(=O)NCCN1CCN(C(=O)N[C@H](C(=O)OC)[C@@H](C)CC)CC1)C(=O)OC. The van der Waals surface area contributed by atoms with Crippen LogP contribution in [-0.4, -0.2) is 99.4 Å². The lowest BCUT2D eigenvalue weighted by Gasteiger charge is -2.35. The molecule has 1 rings (SSSR count). The third kappa shape index (κ3) is 9.07. The fourth-order valence-corrected chi connectivity index (χ4v) is 3.51. The number of carbonyl (C=O) groups is 4. The van der Waals surface area contributed by atoms with Gasteiger partial charge in [0.25, 0.3) is 0 Å². The lowest BCUT2D eigenvalue weighted by molar-refractivity contribution is -0.145. The highest BCUT2D eigenvalue weighted by atomic mass is 16.5. The van der Waals surface area contributed by atoms with Gasteiger partial charge in [0, 0.05) is 39.3 Å². The van der Waals surface area contributed by atoms with E-state index < -0.39 is 30.1 Å². The maximum Gasteiger partial charge on any atom is 0.328 e. The predicted octanol–water partition coefficient (Wildman–Crippen LogP) is 0.788. The molecule has 1 aliphatic heterocycles. The van der Waals surface area contributed by atoms with Crippen molar-refractivity contribution in [2.24, 2.45) is 11.8 Å². The van der Waals surface area contributed by atoms with Crippen molar-refractivity contribution in [1.29, 1.82) is 0 Å². The van der Waals surface area contributed by atoms with Gasteiger partial charge in [-0.25, -0.2) is 19.2 Å². The summed E-state index contributed by atoms with van der Waals surface area (Å²) in [5, 5.41) is 8.25. The van der Waals surface area contributed by atoms with E-state index >= 15 is 0 Å². The molecule has 4 amide bonds. The zero-order valence-corrected chi connectivity index (χ0v) is 20.8. The van der Waals surface area contributed by atoms with E-state index in [4.69, 9.17) is 9.47 Å². The second-order valence-electron chi connectivity index (χ2n) is 8.45. The highest BCUT2D eigenvalue weighted by Gasteiger charge is 2.30. The van der Waals surface area contributed by atoms with Crippen molar-refractivity contribution in [2.75, 3.05) is 53.5 Å². The van der Waals surface area contributed by atoms with Crippen LogP contribution in [0, 0.1) is 11.8 Å². The summed E-state index contributed by atoms with van der Waals surface area (Å²) in [4.78, 5) is 52.5. The molecular formula is C22H41N5O6. The molecule has 0 bridgehead atoms. The molecule has 33 heavy (non-hydrogen) atoms. The zero-order chi connectivity index (χ0) is 25.0. The Morgan fingerprint density at radius 1 is 0.818 bits per heavy atom. The summed E-state index contributed by atoms with van der Waals surface area (Å²) in [6.45, 7) is 11.1. The minimum Gasteiger partial charge on any atom is -0.467 e. The van der Waals surface area contributed by atoms with Crippen LogP contribution in [0.15, 0.2) is 0 Å². The van der Waals surface area contributed by atoms with E-state index in [9.17, 15) is 19.2 Å². The maximum absolute atomic E-state index is 12.6. The van der Waals surface area contributed by atoms with Crippen LogP contribution in [0.3, 0.4) is 0 Å². The number of esters is 2. The van der Waals surface area contributed by atoms with E-state index in [1.165, 1.54) is 14.2 Å². The Labute approximate surface area is 196 Å². The standard InChI is InChI=1S/C22H41N5O6/c1-7-15(3)17(19(28)32-5)24-21(30)23-9-10-26-11-13-27(14-12-26)22(31)25-18(16(4)8-2)20(29)33-6/h15-18H,7-14H2,1-6H3,(H,25,31)(H2,23,24,30)/t15-,16-,17-,18-/m0/s1. The van der Waals surface area contributed by atoms with Gasteiger partial charge in [0.05, 0.1) is 14.2 Å². The fraction of sp³-hybridized carbons (Fsp3) is 0.818. The van der Waals surface area contributed by atoms with Crippen LogP contribution in [0.2, 0.25) is 0 Å². The van der Waals surface area contributed by atoms with Gasteiger partial charge < -0.3 is 30.3 Å². The molecule has 0 radical (unpaired) electrons. The number of carbonyl (C=O) groups excluding carboxylic acids is 4. The number of hydrogen-bond acceptors (Lipinski definition) is 7. The summed E-state index contributed by atoms with van der Waals surface area (Å²) in [5.41, 5.74) is 0. The molecule has 1 saturated heterocycles. The van der Waals surface area contributed by atoms with Crippen molar-refractivity contribution in [3.63, 3.8) is 0 Å². The molecule has 0 aromatic heterocycles. The topological polar surface area (TPSA) is 129 Å². The fourth-order valence-electron chi connectivity index (χ4n) is 3.51. The average Bonchev–Trinajstić information content (AvgIpc) is 2.84. The van der Waals surface area contributed by atoms with Crippen molar-refractivity contribution in [2.45, 2.75) is 52.6 Å². The Morgan fingerprint density at radius 2 is 1.30 bits per heavy atom. The molecule has 1 fully saturated rings. The average molecular weight is 472 g/mol. The van der Waals surface area contributed by atoms with E-state index in [0.29, 0.717) is 39.3 Å². The Hall–Kier alpha value is -2.56. The molecule has 190 valence electrons. The third-order valence-electron chi connectivity index (χ3n) is 6.27. The first-order valence-electron chi connectivity index (χ1n) is 11.7. The van der Waals surface area contributed by atoms with E-state index in [2.05, 4.69) is 20.9 Å². The van der Waals surface area contributed by atoms with Crippen LogP contribution in [0.5, 0.6) is 0 Å². The molecule has 0 saturated carbocycles. The Balaban J connectivity index is 2.42. The lowest BCUT2D eigenvalue weighted by atomic mass is 9.99. The summed E-state index contributed by atoms with van der Waals surface area (Å²) in [7, 11) is 2.62. The molecule has 4 atom stereocenters. The van der Waals surface area contributed by atoms with Gasteiger partial charge in [0.15, 0.2) is 0 Å². The highest BCUT2D eigenvalue weighted by Crippen LogP contribution is 2.11. The van der Waals surface area contributed by atoms with Gasteiger partial charge in [-0.2, -0.15) is 0 Å². The first kappa shape index (κ1) is 28.5. The second kappa shape index (κ2) is 14.6. The first-order valence-corrected chi connectivity index (χ1v) is 11.7. The van der Waals surface area contributed by atoms with E-state index in [1.54, 1.807) is 4.90 Å². The van der Waals surface area contributed by atoms with Crippen LogP contribution in [0.4, 0.5) is 9.59 Å². The lowest BCUT2D eigenvalue weighted by Crippen LogP contribution is -2.56. The molecule has 11 nitrogen and oxygen atoms in total. The quantitative estimate of drug-likeness (QED) is 0.380. The number of nitrogens with one attached hydrogen (secondary N) is 3. The van der Waals surface area contributed by atoms with Crippen LogP contribution in [0.25, 0.3) is 0 Å². The first-order chi connectivity index (χ1) is 15.7. The summed E-state index contributed by atoms with van der Waals surface area (Å²) < 4.78 is 9.60. The second-order valence-corrected chi connectivity index (χ2v) is 8.45. The molecule has 1 heterocycles. The summed E-state index contributed by atoms with van der Waals surface area (Å²) in [6, 6.07) is -2.05. The summed E-state index contributed by atoms with van der Waals surface area (Å²) in [5.74, 6) is -0.972. The highest BCUT2D eigenvalue weighted by molar-refractivity contribution is 5.84. The Morgan fingerprint density at radius 3 is 1.76 bits per heavy atom. The van der Waals surface area contributed by atoms with Crippen LogP contribution in [0.1, 0.15) is 40.5 Å². The zero-order valence-electron chi connectivity index (χ0n) is 20.8. The molecule has 11 heteroatoms. The van der Waals surface area contributed by atoms with Gasteiger partial charge in [0.1, 0.15) is 12.1 Å². The van der Waals surface area contributed by atoms with Crippen LogP contribution in [-0.2, 0) is 19.1 Å². The van der Waals surface area contributed by atoms with Gasteiger partial charge in [0.2, 0.25) is 0 Å². The van der Waals surface area contributed by atoms with Crippen molar-refractivity contribution in [1.82, 2.24) is 25.8 Å². The number of amides is 4. The number of urea groups is 2.